The maximum Gasteiger partial charge on any atom is -0.0125 e. The molecule has 21 heavy (non-hydrogen) atoms. The summed E-state index contributed by atoms with van der Waals surface area (Å²) >= 11 is 0. The van der Waals surface area contributed by atoms with Crippen LogP contribution in [0.25, 0.3) is 6.08 Å². The van der Waals surface area contributed by atoms with Gasteiger partial charge in [0.2, 0.25) is 0 Å². The third kappa shape index (κ3) is 4.73. The second-order valence-corrected chi connectivity index (χ2v) is 6.72. The van der Waals surface area contributed by atoms with E-state index in [0.717, 1.165) is 11.8 Å². The smallest absolute Gasteiger partial charge is 0.0125 e. The van der Waals surface area contributed by atoms with Crippen molar-refractivity contribution < 1.29 is 0 Å². The summed E-state index contributed by atoms with van der Waals surface area (Å²) in [6, 6.07) is 6.87. The largest absolute Gasteiger partial charge is 0.0839 e. The van der Waals surface area contributed by atoms with Crippen molar-refractivity contribution in [3.8, 4) is 0 Å². The number of rotatable bonds is 9. The number of aryl methyl sites for hydroxylation is 1. The molecule has 0 radical (unpaired) electrons. The molecule has 0 spiro atoms. The molecule has 1 aliphatic rings. The minimum Gasteiger partial charge on any atom is -0.0839 e. The molecule has 0 aromatic heterocycles. The summed E-state index contributed by atoms with van der Waals surface area (Å²) in [6.07, 6.45) is 15.6. The Hall–Kier alpha value is -1.04. The molecule has 2 unspecified atom stereocenters. The molecule has 0 bridgehead atoms. The fourth-order valence-electron chi connectivity index (χ4n) is 3.40. The van der Waals surface area contributed by atoms with Crippen molar-refractivity contribution in [3.05, 3.63) is 41.0 Å². The van der Waals surface area contributed by atoms with E-state index >= 15 is 0 Å². The SMILES string of the molecule is CCC/C=C\c1c(C)cccc1C1CC1CCCCCC. The quantitative estimate of drug-likeness (QED) is 0.433. The highest BCUT2D eigenvalue weighted by molar-refractivity contribution is 5.59. The Morgan fingerprint density at radius 2 is 1.95 bits per heavy atom. The summed E-state index contributed by atoms with van der Waals surface area (Å²) in [7, 11) is 0. The molecule has 0 saturated heterocycles. The first-order valence-electron chi connectivity index (χ1n) is 9.04. The molecule has 0 nitrogen and oxygen atoms in total. The fourth-order valence-corrected chi connectivity index (χ4v) is 3.40. The van der Waals surface area contributed by atoms with Gasteiger partial charge < -0.3 is 0 Å². The molecule has 2 rings (SSSR count). The summed E-state index contributed by atoms with van der Waals surface area (Å²) in [6.45, 7) is 6.80. The van der Waals surface area contributed by atoms with E-state index < -0.39 is 0 Å². The van der Waals surface area contributed by atoms with Crippen LogP contribution in [0.4, 0.5) is 0 Å². The Bertz CT molecular complexity index is 455. The molecule has 0 heteroatoms. The lowest BCUT2D eigenvalue weighted by Crippen LogP contribution is -1.92. The van der Waals surface area contributed by atoms with Gasteiger partial charge in [0.05, 0.1) is 0 Å². The molecule has 1 aliphatic carbocycles. The summed E-state index contributed by atoms with van der Waals surface area (Å²) in [4.78, 5) is 0. The van der Waals surface area contributed by atoms with E-state index in [-0.39, 0.29) is 0 Å². The van der Waals surface area contributed by atoms with E-state index in [4.69, 9.17) is 0 Å². The average Bonchev–Trinajstić information content (AvgIpc) is 3.25. The summed E-state index contributed by atoms with van der Waals surface area (Å²) < 4.78 is 0. The minimum atomic E-state index is 0.841. The Morgan fingerprint density at radius 3 is 2.71 bits per heavy atom. The number of hydrogen-bond donors (Lipinski definition) is 0. The Labute approximate surface area is 131 Å². The van der Waals surface area contributed by atoms with Gasteiger partial charge in [-0.05, 0) is 54.7 Å². The van der Waals surface area contributed by atoms with E-state index in [1.165, 1.54) is 62.5 Å². The van der Waals surface area contributed by atoms with E-state index in [2.05, 4.69) is 51.1 Å². The van der Waals surface area contributed by atoms with Gasteiger partial charge in [-0.2, -0.15) is 0 Å². The fraction of sp³-hybridized carbons (Fsp3) is 0.619. The lowest BCUT2D eigenvalue weighted by Gasteiger charge is -2.09. The van der Waals surface area contributed by atoms with Crippen LogP contribution in [-0.2, 0) is 0 Å². The van der Waals surface area contributed by atoms with Gasteiger partial charge in [-0.25, -0.2) is 0 Å². The van der Waals surface area contributed by atoms with Crippen molar-refractivity contribution in [2.75, 3.05) is 0 Å². The third-order valence-electron chi connectivity index (χ3n) is 4.85. The highest BCUT2D eigenvalue weighted by atomic mass is 14.4. The zero-order valence-electron chi connectivity index (χ0n) is 14.2. The molecule has 0 amide bonds. The van der Waals surface area contributed by atoms with E-state index in [0.29, 0.717) is 0 Å². The molecule has 1 fully saturated rings. The van der Waals surface area contributed by atoms with Gasteiger partial charge in [0.25, 0.3) is 0 Å². The molecule has 0 heterocycles. The van der Waals surface area contributed by atoms with Crippen LogP contribution in [0, 0.1) is 12.8 Å². The standard InChI is InChI=1S/C21H32/c1-4-6-8-10-13-18-16-21(18)20-15-11-12-17(3)19(20)14-9-7-5-2/h9,11-12,14-15,18,21H,4-8,10,13,16H2,1-3H3/b14-9-. The molecule has 1 aromatic rings. The van der Waals surface area contributed by atoms with Gasteiger partial charge >= 0.3 is 0 Å². The van der Waals surface area contributed by atoms with E-state index in [9.17, 15) is 0 Å². The van der Waals surface area contributed by atoms with Crippen LogP contribution in [0.15, 0.2) is 24.3 Å². The molecule has 0 aliphatic heterocycles. The van der Waals surface area contributed by atoms with Crippen LogP contribution in [-0.4, -0.2) is 0 Å². The topological polar surface area (TPSA) is 0 Å². The van der Waals surface area contributed by atoms with Crippen molar-refractivity contribution >= 4 is 6.08 Å². The zero-order chi connectivity index (χ0) is 15.1. The van der Waals surface area contributed by atoms with Crippen LogP contribution in [0.2, 0.25) is 0 Å². The monoisotopic (exact) mass is 284 g/mol. The normalized spacial score (nSPS) is 21.1. The maximum absolute atomic E-state index is 2.38. The van der Waals surface area contributed by atoms with Gasteiger partial charge in [-0.3, -0.25) is 0 Å². The lowest BCUT2D eigenvalue weighted by molar-refractivity contribution is 0.589. The predicted molar refractivity (Wildman–Crippen MR) is 94.7 cm³/mol. The number of hydrogen-bond acceptors (Lipinski definition) is 0. The van der Waals surface area contributed by atoms with Crippen molar-refractivity contribution in [2.24, 2.45) is 5.92 Å². The van der Waals surface area contributed by atoms with E-state index in [1.807, 2.05) is 0 Å². The minimum absolute atomic E-state index is 0.841. The van der Waals surface area contributed by atoms with Crippen molar-refractivity contribution in [1.29, 1.82) is 0 Å². The maximum atomic E-state index is 2.38. The Kier molecular flexibility index (Phi) is 6.54. The van der Waals surface area contributed by atoms with Crippen LogP contribution in [0.3, 0.4) is 0 Å². The van der Waals surface area contributed by atoms with Crippen LogP contribution >= 0.6 is 0 Å². The Balaban J connectivity index is 1.96. The van der Waals surface area contributed by atoms with E-state index in [1.54, 1.807) is 5.56 Å². The highest BCUT2D eigenvalue weighted by Crippen LogP contribution is 2.51. The lowest BCUT2D eigenvalue weighted by atomic mass is 9.96. The van der Waals surface area contributed by atoms with Crippen LogP contribution in [0.5, 0.6) is 0 Å². The van der Waals surface area contributed by atoms with Gasteiger partial charge in [0.15, 0.2) is 0 Å². The molecular formula is C21H32. The molecule has 116 valence electrons. The number of unbranched alkanes of at least 4 members (excludes halogenated alkanes) is 4. The summed E-state index contributed by atoms with van der Waals surface area (Å²) in [5.74, 6) is 1.80. The molecule has 1 saturated carbocycles. The van der Waals surface area contributed by atoms with Gasteiger partial charge in [0.1, 0.15) is 0 Å². The molecule has 2 atom stereocenters. The zero-order valence-corrected chi connectivity index (χ0v) is 14.2. The summed E-state index contributed by atoms with van der Waals surface area (Å²) in [5.41, 5.74) is 4.56. The number of benzene rings is 1. The second-order valence-electron chi connectivity index (χ2n) is 6.72. The first-order valence-corrected chi connectivity index (χ1v) is 9.04. The highest BCUT2D eigenvalue weighted by Gasteiger charge is 2.38. The predicted octanol–water partition coefficient (Wildman–Crippen LogP) is 6.88. The average molecular weight is 284 g/mol. The molecule has 0 N–H and O–H groups in total. The van der Waals surface area contributed by atoms with Crippen LogP contribution in [0.1, 0.15) is 87.8 Å². The molecular weight excluding hydrogens is 252 g/mol. The Morgan fingerprint density at radius 1 is 1.10 bits per heavy atom. The third-order valence-corrected chi connectivity index (χ3v) is 4.85. The first kappa shape index (κ1) is 16.3. The van der Waals surface area contributed by atoms with Crippen molar-refractivity contribution in [2.45, 2.75) is 78.1 Å². The van der Waals surface area contributed by atoms with Crippen molar-refractivity contribution in [1.82, 2.24) is 0 Å². The van der Waals surface area contributed by atoms with Gasteiger partial charge in [0, 0.05) is 0 Å². The molecule has 1 aromatic carbocycles. The summed E-state index contributed by atoms with van der Waals surface area (Å²) in [5, 5.41) is 0. The number of allylic oxidation sites excluding steroid dienone is 1. The second kappa shape index (κ2) is 8.41. The van der Waals surface area contributed by atoms with Crippen molar-refractivity contribution in [3.63, 3.8) is 0 Å². The van der Waals surface area contributed by atoms with Gasteiger partial charge in [-0.1, -0.05) is 76.3 Å². The van der Waals surface area contributed by atoms with Crippen LogP contribution < -0.4 is 0 Å². The van der Waals surface area contributed by atoms with Gasteiger partial charge in [-0.15, -0.1) is 0 Å². The first-order chi connectivity index (χ1) is 10.3.